The number of hydrogen-bond donors (Lipinski definition) is 3. The van der Waals surface area contributed by atoms with Crippen LogP contribution in [0.15, 0.2) is 71.8 Å². The van der Waals surface area contributed by atoms with E-state index in [1.807, 2.05) is 0 Å². The average molecular weight is 509 g/mol. The Morgan fingerprint density at radius 2 is 1.65 bits per heavy atom. The van der Waals surface area contributed by atoms with Crippen molar-refractivity contribution in [2.24, 2.45) is 5.10 Å². The molecule has 37 heavy (non-hydrogen) atoms. The van der Waals surface area contributed by atoms with Gasteiger partial charge >= 0.3 is 11.8 Å². The minimum absolute atomic E-state index is 0.297. The second-order valence-corrected chi connectivity index (χ2v) is 7.34. The van der Waals surface area contributed by atoms with Crippen molar-refractivity contribution in [1.29, 1.82) is 0 Å². The predicted octanol–water partition coefficient (Wildman–Crippen LogP) is 3.34. The van der Waals surface area contributed by atoms with Gasteiger partial charge in [0, 0.05) is 5.69 Å². The molecule has 0 saturated carbocycles. The number of ether oxygens (including phenoxy) is 3. The number of halogens is 1. The second kappa shape index (κ2) is 13.2. The lowest BCUT2D eigenvalue weighted by Crippen LogP contribution is -2.32. The van der Waals surface area contributed by atoms with E-state index in [9.17, 15) is 18.8 Å². The van der Waals surface area contributed by atoms with Crippen LogP contribution in [-0.2, 0) is 14.4 Å². The number of nitrogens with zero attached hydrogens (tertiary/aromatic N) is 1. The summed E-state index contributed by atoms with van der Waals surface area (Å²) in [5.74, 6) is -1.68. The highest BCUT2D eigenvalue weighted by Crippen LogP contribution is 2.27. The van der Waals surface area contributed by atoms with Gasteiger partial charge in [-0.2, -0.15) is 5.10 Å². The van der Waals surface area contributed by atoms with E-state index in [2.05, 4.69) is 21.2 Å². The predicted molar refractivity (Wildman–Crippen MR) is 135 cm³/mol. The normalized spacial score (nSPS) is 10.5. The van der Waals surface area contributed by atoms with E-state index in [-0.39, 0.29) is 6.61 Å². The number of anilines is 2. The first-order valence-electron chi connectivity index (χ1n) is 11.1. The molecule has 0 unspecified atom stereocenters. The molecule has 192 valence electrons. The zero-order valence-electron chi connectivity index (χ0n) is 20.1. The summed E-state index contributed by atoms with van der Waals surface area (Å²) < 4.78 is 29.2. The maximum atomic E-state index is 13.0. The van der Waals surface area contributed by atoms with Gasteiger partial charge in [0.15, 0.2) is 18.1 Å². The molecule has 0 spiro atoms. The molecule has 0 heterocycles. The first kappa shape index (κ1) is 26.7. The van der Waals surface area contributed by atoms with E-state index in [1.165, 1.54) is 37.6 Å². The number of hydrazone groups is 1. The van der Waals surface area contributed by atoms with Gasteiger partial charge in [0.05, 0.1) is 25.6 Å². The fourth-order valence-electron chi connectivity index (χ4n) is 3.00. The van der Waals surface area contributed by atoms with E-state index in [0.717, 1.165) is 0 Å². The fraction of sp³-hybridized carbons (Fsp3) is 0.154. The molecule has 3 aromatic rings. The number of carbonyl (C=O) groups is 3. The molecule has 3 N–H and O–H groups in total. The van der Waals surface area contributed by atoms with E-state index in [1.54, 1.807) is 49.4 Å². The number of rotatable bonds is 10. The summed E-state index contributed by atoms with van der Waals surface area (Å²) in [6.07, 6.45) is 1.31. The minimum Gasteiger partial charge on any atom is -0.493 e. The van der Waals surface area contributed by atoms with E-state index < -0.39 is 23.5 Å². The largest absolute Gasteiger partial charge is 0.493 e. The first-order chi connectivity index (χ1) is 17.9. The van der Waals surface area contributed by atoms with Crippen molar-refractivity contribution in [3.8, 4) is 17.2 Å². The Kier molecular flexibility index (Phi) is 9.54. The third kappa shape index (κ3) is 8.06. The fourth-order valence-corrected chi connectivity index (χ4v) is 3.00. The molecule has 3 aromatic carbocycles. The Bertz CT molecular complexity index is 1280. The quantitative estimate of drug-likeness (QED) is 0.219. The molecule has 3 amide bonds. The number of nitrogens with one attached hydrogen (secondary N) is 3. The molecule has 10 nitrogen and oxygen atoms in total. The van der Waals surface area contributed by atoms with Crippen molar-refractivity contribution in [3.63, 3.8) is 0 Å². The molecule has 0 atom stereocenters. The molecule has 0 aromatic heterocycles. The van der Waals surface area contributed by atoms with Gasteiger partial charge in [-0.1, -0.05) is 12.1 Å². The van der Waals surface area contributed by atoms with Gasteiger partial charge in [-0.25, -0.2) is 9.82 Å². The maximum Gasteiger partial charge on any atom is 0.329 e. The molecule has 0 radical (unpaired) electrons. The van der Waals surface area contributed by atoms with Gasteiger partial charge in [0.1, 0.15) is 11.6 Å². The van der Waals surface area contributed by atoms with Crippen LogP contribution in [0.5, 0.6) is 17.2 Å². The molecule has 0 fully saturated rings. The summed E-state index contributed by atoms with van der Waals surface area (Å²) in [7, 11) is 1.42. The van der Waals surface area contributed by atoms with Crippen molar-refractivity contribution < 1.29 is 33.0 Å². The van der Waals surface area contributed by atoms with Crippen molar-refractivity contribution in [1.82, 2.24) is 5.43 Å². The Balaban J connectivity index is 1.53. The third-order valence-electron chi connectivity index (χ3n) is 4.70. The Labute approximate surface area is 212 Å². The number of methoxy groups -OCH3 is 1. The van der Waals surface area contributed by atoms with E-state index in [4.69, 9.17) is 14.2 Å². The summed E-state index contributed by atoms with van der Waals surface area (Å²) in [5.41, 5.74) is 3.47. The highest BCUT2D eigenvalue weighted by molar-refractivity contribution is 6.39. The monoisotopic (exact) mass is 508 g/mol. The molecule has 0 aliphatic carbocycles. The van der Waals surface area contributed by atoms with Crippen molar-refractivity contribution in [3.05, 3.63) is 78.1 Å². The van der Waals surface area contributed by atoms with Crippen LogP contribution in [0, 0.1) is 5.82 Å². The molecule has 0 aliphatic rings. The van der Waals surface area contributed by atoms with Gasteiger partial charge in [-0.05, 0) is 67.1 Å². The minimum atomic E-state index is -0.971. The van der Waals surface area contributed by atoms with Crippen molar-refractivity contribution in [2.75, 3.05) is 31.0 Å². The topological polar surface area (TPSA) is 127 Å². The summed E-state index contributed by atoms with van der Waals surface area (Å²) >= 11 is 0. The molecule has 3 rings (SSSR count). The number of para-hydroxylation sites is 2. The maximum absolute atomic E-state index is 13.0. The Morgan fingerprint density at radius 3 is 2.38 bits per heavy atom. The second-order valence-electron chi connectivity index (χ2n) is 7.34. The highest BCUT2D eigenvalue weighted by Gasteiger charge is 2.15. The van der Waals surface area contributed by atoms with Gasteiger partial charge in [0.25, 0.3) is 5.91 Å². The number of carbonyl (C=O) groups excluding carboxylic acids is 3. The molecular weight excluding hydrogens is 483 g/mol. The summed E-state index contributed by atoms with van der Waals surface area (Å²) in [5, 5.41) is 8.85. The van der Waals surface area contributed by atoms with Crippen molar-refractivity contribution in [2.45, 2.75) is 6.92 Å². The third-order valence-corrected chi connectivity index (χ3v) is 4.70. The molecular formula is C26H25FN4O6. The van der Waals surface area contributed by atoms with Gasteiger partial charge in [-0.3, -0.25) is 14.4 Å². The van der Waals surface area contributed by atoms with Crippen LogP contribution in [0.25, 0.3) is 0 Å². The van der Waals surface area contributed by atoms with Crippen LogP contribution in [0.3, 0.4) is 0 Å². The number of amides is 3. The zero-order valence-corrected chi connectivity index (χ0v) is 20.1. The lowest BCUT2D eigenvalue weighted by atomic mass is 10.2. The smallest absolute Gasteiger partial charge is 0.329 e. The molecule has 11 heteroatoms. The molecule has 0 aliphatic heterocycles. The average Bonchev–Trinajstić information content (AvgIpc) is 2.90. The summed E-state index contributed by atoms with van der Waals surface area (Å²) in [6, 6.07) is 16.8. The number of benzene rings is 3. The van der Waals surface area contributed by atoms with Gasteiger partial charge in [-0.15, -0.1) is 0 Å². The zero-order chi connectivity index (χ0) is 26.6. The van der Waals surface area contributed by atoms with Crippen LogP contribution >= 0.6 is 0 Å². The summed E-state index contributed by atoms with van der Waals surface area (Å²) in [4.78, 5) is 36.4. The lowest BCUT2D eigenvalue weighted by molar-refractivity contribution is -0.136. The van der Waals surface area contributed by atoms with Gasteiger partial charge in [0.2, 0.25) is 0 Å². The standard InChI is InChI=1S/C26H25FN4O6/c1-3-36-21-7-5-4-6-20(21)30-25(33)26(34)31-28-15-17-8-13-22(23(14-17)35-2)37-16-24(32)29-19-11-9-18(27)10-12-19/h4-15H,3,16H2,1-2H3,(H,29,32)(H,30,33)(H,31,34)/b28-15-. The van der Waals surface area contributed by atoms with Gasteiger partial charge < -0.3 is 24.8 Å². The highest BCUT2D eigenvalue weighted by atomic mass is 19.1. The molecule has 0 saturated heterocycles. The van der Waals surface area contributed by atoms with Crippen LogP contribution in [-0.4, -0.2) is 44.3 Å². The SMILES string of the molecule is CCOc1ccccc1NC(=O)C(=O)N/N=C\c1ccc(OCC(=O)Nc2ccc(F)cc2)c(OC)c1. The lowest BCUT2D eigenvalue weighted by Gasteiger charge is -2.11. The first-order valence-corrected chi connectivity index (χ1v) is 11.1. The van der Waals surface area contributed by atoms with Crippen LogP contribution in [0.4, 0.5) is 15.8 Å². The van der Waals surface area contributed by atoms with Crippen LogP contribution in [0.2, 0.25) is 0 Å². The van der Waals surface area contributed by atoms with Crippen LogP contribution < -0.4 is 30.3 Å². The Morgan fingerprint density at radius 1 is 0.892 bits per heavy atom. The van der Waals surface area contributed by atoms with Crippen molar-refractivity contribution >= 4 is 35.3 Å². The van der Waals surface area contributed by atoms with E-state index >= 15 is 0 Å². The number of hydrogen-bond acceptors (Lipinski definition) is 7. The van der Waals surface area contributed by atoms with Crippen LogP contribution in [0.1, 0.15) is 12.5 Å². The summed E-state index contributed by atoms with van der Waals surface area (Å²) in [6.45, 7) is 1.90. The molecule has 0 bridgehead atoms. The van der Waals surface area contributed by atoms with E-state index in [0.29, 0.717) is 40.8 Å². The Hall–Kier alpha value is -4.93.